The van der Waals surface area contributed by atoms with Gasteiger partial charge in [0, 0.05) is 11.8 Å². The van der Waals surface area contributed by atoms with E-state index in [1.165, 1.54) is 24.6 Å². The predicted octanol–water partition coefficient (Wildman–Crippen LogP) is 4.31. The lowest BCUT2D eigenvalue weighted by atomic mass is 10.3. The molecule has 7 nitrogen and oxygen atoms in total. The fraction of sp³-hybridized carbons (Fsp3) is 0.300. The largest absolute Gasteiger partial charge is 0.457 e. The summed E-state index contributed by atoms with van der Waals surface area (Å²) >= 11 is 1.36. The van der Waals surface area contributed by atoms with Crippen molar-refractivity contribution in [2.45, 2.75) is 36.9 Å². The van der Waals surface area contributed by atoms with Crippen LogP contribution in [0.3, 0.4) is 0 Å². The summed E-state index contributed by atoms with van der Waals surface area (Å²) in [6.07, 6.45) is 4.60. The molecule has 0 unspecified atom stereocenters. The molecule has 0 atom stereocenters. The molecule has 1 aliphatic carbocycles. The van der Waals surface area contributed by atoms with Gasteiger partial charge in [0.25, 0.3) is 0 Å². The lowest BCUT2D eigenvalue weighted by Gasteiger charge is -2.11. The third-order valence-corrected chi connectivity index (χ3v) is 5.50. The minimum Gasteiger partial charge on any atom is -0.457 e. The number of tetrazole rings is 1. The first kappa shape index (κ1) is 18.5. The molecule has 1 fully saturated rings. The van der Waals surface area contributed by atoms with Crippen LogP contribution in [0.4, 0.5) is 5.69 Å². The molecular formula is C20H21N5O2S. The van der Waals surface area contributed by atoms with E-state index in [-0.39, 0.29) is 11.7 Å². The van der Waals surface area contributed by atoms with Crippen molar-refractivity contribution in [3.63, 3.8) is 0 Å². The molecule has 1 saturated carbocycles. The quantitative estimate of drug-likeness (QED) is 0.600. The molecular weight excluding hydrogens is 374 g/mol. The van der Waals surface area contributed by atoms with Crippen molar-refractivity contribution in [2.24, 2.45) is 0 Å². The average molecular weight is 395 g/mol. The molecule has 2 aromatic carbocycles. The van der Waals surface area contributed by atoms with Crippen molar-refractivity contribution in [3.05, 3.63) is 54.6 Å². The number of carbonyl (C=O) groups is 1. The summed E-state index contributed by atoms with van der Waals surface area (Å²) in [5.74, 6) is 1.56. The smallest absolute Gasteiger partial charge is 0.234 e. The van der Waals surface area contributed by atoms with E-state index in [1.54, 1.807) is 6.07 Å². The molecule has 1 aromatic heterocycles. The van der Waals surface area contributed by atoms with Crippen LogP contribution in [0.2, 0.25) is 0 Å². The minimum absolute atomic E-state index is 0.108. The number of para-hydroxylation sites is 1. The molecule has 1 amide bonds. The Balaban J connectivity index is 1.33. The number of benzene rings is 2. The van der Waals surface area contributed by atoms with Gasteiger partial charge in [0.2, 0.25) is 11.1 Å². The predicted molar refractivity (Wildman–Crippen MR) is 108 cm³/mol. The van der Waals surface area contributed by atoms with Crippen molar-refractivity contribution in [2.75, 3.05) is 11.1 Å². The SMILES string of the molecule is O=C(CSc1nnnn1C1CCCC1)Nc1cccc(Oc2ccccc2)c1. The van der Waals surface area contributed by atoms with E-state index >= 15 is 0 Å². The van der Waals surface area contributed by atoms with Crippen LogP contribution >= 0.6 is 11.8 Å². The molecule has 0 bridgehead atoms. The fourth-order valence-corrected chi connectivity index (χ4v) is 3.99. The van der Waals surface area contributed by atoms with Gasteiger partial charge in [-0.1, -0.05) is 48.9 Å². The first-order valence-electron chi connectivity index (χ1n) is 9.31. The summed E-state index contributed by atoms with van der Waals surface area (Å²) in [5, 5.41) is 15.5. The lowest BCUT2D eigenvalue weighted by Crippen LogP contribution is -2.15. The highest BCUT2D eigenvalue weighted by molar-refractivity contribution is 7.99. The van der Waals surface area contributed by atoms with Crippen molar-refractivity contribution in [1.29, 1.82) is 0 Å². The summed E-state index contributed by atoms with van der Waals surface area (Å²) in [6.45, 7) is 0. The number of thioether (sulfide) groups is 1. The van der Waals surface area contributed by atoms with E-state index in [4.69, 9.17) is 4.74 Å². The van der Waals surface area contributed by atoms with Gasteiger partial charge in [0.1, 0.15) is 11.5 Å². The van der Waals surface area contributed by atoms with Crippen LogP contribution in [0.15, 0.2) is 59.8 Å². The Morgan fingerprint density at radius 2 is 1.89 bits per heavy atom. The van der Waals surface area contributed by atoms with E-state index < -0.39 is 0 Å². The number of nitrogens with zero attached hydrogens (tertiary/aromatic N) is 4. The van der Waals surface area contributed by atoms with Gasteiger partial charge in [-0.2, -0.15) is 0 Å². The Bertz CT molecular complexity index is 925. The van der Waals surface area contributed by atoms with E-state index in [9.17, 15) is 4.79 Å². The normalized spacial score (nSPS) is 14.1. The van der Waals surface area contributed by atoms with Gasteiger partial charge in [0.15, 0.2) is 0 Å². The Kier molecular flexibility index (Phi) is 5.86. The van der Waals surface area contributed by atoms with Crippen LogP contribution in [0.25, 0.3) is 0 Å². The lowest BCUT2D eigenvalue weighted by molar-refractivity contribution is -0.113. The number of nitrogens with one attached hydrogen (secondary N) is 1. The highest BCUT2D eigenvalue weighted by Crippen LogP contribution is 2.31. The number of aromatic nitrogens is 4. The molecule has 4 rings (SSSR count). The van der Waals surface area contributed by atoms with E-state index in [2.05, 4.69) is 20.8 Å². The topological polar surface area (TPSA) is 81.9 Å². The maximum Gasteiger partial charge on any atom is 0.234 e. The van der Waals surface area contributed by atoms with Crippen LogP contribution < -0.4 is 10.1 Å². The van der Waals surface area contributed by atoms with Gasteiger partial charge in [-0.15, -0.1) is 5.10 Å². The van der Waals surface area contributed by atoms with Crippen LogP contribution in [-0.4, -0.2) is 31.9 Å². The monoisotopic (exact) mass is 395 g/mol. The van der Waals surface area contributed by atoms with Gasteiger partial charge in [-0.3, -0.25) is 4.79 Å². The van der Waals surface area contributed by atoms with Crippen LogP contribution in [-0.2, 0) is 4.79 Å². The van der Waals surface area contributed by atoms with Crippen molar-refractivity contribution in [1.82, 2.24) is 20.2 Å². The van der Waals surface area contributed by atoms with Gasteiger partial charge >= 0.3 is 0 Å². The average Bonchev–Trinajstić information content (AvgIpc) is 3.39. The summed E-state index contributed by atoms with van der Waals surface area (Å²) in [6, 6.07) is 17.2. The molecule has 1 aliphatic rings. The standard InChI is InChI=1S/C20H21N5O2S/c26-19(14-28-20-22-23-24-25(20)16-8-4-5-9-16)21-15-7-6-12-18(13-15)27-17-10-2-1-3-11-17/h1-3,6-7,10-13,16H,4-5,8-9,14H2,(H,21,26). The first-order chi connectivity index (χ1) is 13.8. The molecule has 1 N–H and O–H groups in total. The van der Waals surface area contributed by atoms with Gasteiger partial charge < -0.3 is 10.1 Å². The van der Waals surface area contributed by atoms with E-state index in [1.807, 2.05) is 53.2 Å². The van der Waals surface area contributed by atoms with Crippen molar-refractivity contribution in [3.8, 4) is 11.5 Å². The highest BCUT2D eigenvalue weighted by Gasteiger charge is 2.22. The third kappa shape index (κ3) is 4.69. The summed E-state index contributed by atoms with van der Waals surface area (Å²) in [5.41, 5.74) is 0.689. The highest BCUT2D eigenvalue weighted by atomic mass is 32.2. The maximum absolute atomic E-state index is 12.4. The number of ether oxygens (including phenoxy) is 1. The molecule has 144 valence electrons. The number of anilines is 1. The summed E-state index contributed by atoms with van der Waals surface area (Å²) < 4.78 is 7.67. The van der Waals surface area contributed by atoms with Gasteiger partial charge in [-0.25, -0.2) is 4.68 Å². The fourth-order valence-electron chi connectivity index (χ4n) is 3.25. The van der Waals surface area contributed by atoms with Gasteiger partial charge in [-0.05, 0) is 47.5 Å². The van der Waals surface area contributed by atoms with Crippen molar-refractivity contribution >= 4 is 23.4 Å². The van der Waals surface area contributed by atoms with E-state index in [0.717, 1.165) is 18.6 Å². The second kappa shape index (κ2) is 8.88. The van der Waals surface area contributed by atoms with Crippen LogP contribution in [0, 0.1) is 0 Å². The molecule has 8 heteroatoms. The zero-order valence-electron chi connectivity index (χ0n) is 15.3. The molecule has 1 heterocycles. The number of carbonyl (C=O) groups excluding carboxylic acids is 1. The summed E-state index contributed by atoms with van der Waals surface area (Å²) in [4.78, 5) is 12.4. The molecule has 0 spiro atoms. The van der Waals surface area contributed by atoms with Crippen LogP contribution in [0.5, 0.6) is 11.5 Å². The molecule has 28 heavy (non-hydrogen) atoms. The van der Waals surface area contributed by atoms with Crippen molar-refractivity contribution < 1.29 is 9.53 Å². The zero-order chi connectivity index (χ0) is 19.2. The molecule has 0 radical (unpaired) electrons. The number of hydrogen-bond acceptors (Lipinski definition) is 6. The maximum atomic E-state index is 12.4. The zero-order valence-corrected chi connectivity index (χ0v) is 16.1. The molecule has 0 aliphatic heterocycles. The second-order valence-corrected chi connectivity index (χ2v) is 7.57. The minimum atomic E-state index is -0.108. The number of hydrogen-bond donors (Lipinski definition) is 1. The first-order valence-corrected chi connectivity index (χ1v) is 10.3. The molecule has 0 saturated heterocycles. The van der Waals surface area contributed by atoms with Crippen LogP contribution in [0.1, 0.15) is 31.7 Å². The van der Waals surface area contributed by atoms with Gasteiger partial charge in [0.05, 0.1) is 11.8 Å². The Morgan fingerprint density at radius 1 is 1.11 bits per heavy atom. The molecule has 3 aromatic rings. The summed E-state index contributed by atoms with van der Waals surface area (Å²) in [7, 11) is 0. The van der Waals surface area contributed by atoms with E-state index in [0.29, 0.717) is 22.6 Å². The number of amides is 1. The Hall–Kier alpha value is -2.87. The Labute approximate surface area is 167 Å². The third-order valence-electron chi connectivity index (χ3n) is 4.56. The number of rotatable bonds is 7. The Morgan fingerprint density at radius 3 is 2.71 bits per heavy atom. The second-order valence-electron chi connectivity index (χ2n) is 6.62.